The molecule has 0 aliphatic rings. The van der Waals surface area contributed by atoms with Gasteiger partial charge in [-0.25, -0.2) is 0 Å². The summed E-state index contributed by atoms with van der Waals surface area (Å²) in [6.07, 6.45) is -0.540. The molecule has 0 saturated carbocycles. The molecular formula is C20H27NO2. The second-order valence-electron chi connectivity index (χ2n) is 6.23. The van der Waals surface area contributed by atoms with Crippen molar-refractivity contribution in [3.8, 4) is 5.75 Å². The summed E-state index contributed by atoms with van der Waals surface area (Å²) in [7, 11) is 0. The lowest BCUT2D eigenvalue weighted by molar-refractivity contribution is 0.103. The van der Waals surface area contributed by atoms with E-state index in [-0.39, 0.29) is 6.04 Å². The molecule has 2 atom stereocenters. The molecule has 2 aromatic carbocycles. The Morgan fingerprint density at radius 3 is 2.26 bits per heavy atom. The fourth-order valence-electron chi connectivity index (χ4n) is 2.81. The van der Waals surface area contributed by atoms with Gasteiger partial charge in [0.25, 0.3) is 0 Å². The van der Waals surface area contributed by atoms with E-state index in [1.807, 2.05) is 32.0 Å². The number of benzene rings is 2. The summed E-state index contributed by atoms with van der Waals surface area (Å²) in [5, 5.41) is 13.5. The largest absolute Gasteiger partial charge is 0.490 e. The van der Waals surface area contributed by atoms with Crippen LogP contribution in [-0.2, 0) is 0 Å². The summed E-state index contributed by atoms with van der Waals surface area (Å²) < 4.78 is 5.83. The van der Waals surface area contributed by atoms with E-state index in [2.05, 4.69) is 43.4 Å². The van der Waals surface area contributed by atoms with Crippen LogP contribution < -0.4 is 10.1 Å². The quantitative estimate of drug-likeness (QED) is 0.819. The molecule has 2 aromatic rings. The second kappa shape index (κ2) is 8.14. The van der Waals surface area contributed by atoms with Crippen LogP contribution in [0.2, 0.25) is 0 Å². The van der Waals surface area contributed by atoms with Crippen LogP contribution in [0.3, 0.4) is 0 Å². The maximum Gasteiger partial charge on any atom is 0.125 e. The SMILES string of the molecule is Cc1cc(C)c(OC[C@@H](O)CN[C@H](C)c2ccccc2)c(C)c1. The molecule has 0 saturated heterocycles. The third kappa shape index (κ3) is 5.08. The third-order valence-electron chi connectivity index (χ3n) is 3.98. The van der Waals surface area contributed by atoms with Gasteiger partial charge in [-0.15, -0.1) is 0 Å². The van der Waals surface area contributed by atoms with Crippen LogP contribution in [0.25, 0.3) is 0 Å². The molecule has 3 heteroatoms. The van der Waals surface area contributed by atoms with E-state index in [9.17, 15) is 5.11 Å². The lowest BCUT2D eigenvalue weighted by Crippen LogP contribution is -2.33. The minimum absolute atomic E-state index is 0.202. The first kappa shape index (κ1) is 17.5. The number of hydrogen-bond acceptors (Lipinski definition) is 3. The van der Waals surface area contributed by atoms with E-state index < -0.39 is 6.10 Å². The van der Waals surface area contributed by atoms with Crippen LogP contribution in [-0.4, -0.2) is 24.4 Å². The van der Waals surface area contributed by atoms with Gasteiger partial charge in [0.1, 0.15) is 18.5 Å². The first-order chi connectivity index (χ1) is 11.0. The van der Waals surface area contributed by atoms with Crippen LogP contribution >= 0.6 is 0 Å². The van der Waals surface area contributed by atoms with Crippen molar-refractivity contribution in [3.63, 3.8) is 0 Å². The molecule has 23 heavy (non-hydrogen) atoms. The molecule has 2 N–H and O–H groups in total. The van der Waals surface area contributed by atoms with E-state index >= 15 is 0 Å². The summed E-state index contributed by atoms with van der Waals surface area (Å²) in [5.74, 6) is 0.880. The Morgan fingerprint density at radius 2 is 1.65 bits per heavy atom. The fourth-order valence-corrected chi connectivity index (χ4v) is 2.81. The zero-order valence-corrected chi connectivity index (χ0v) is 14.5. The highest BCUT2D eigenvalue weighted by Gasteiger charge is 2.11. The predicted octanol–water partition coefficient (Wildman–Crippen LogP) is 3.70. The van der Waals surface area contributed by atoms with E-state index in [0.29, 0.717) is 13.2 Å². The molecule has 0 heterocycles. The molecule has 3 nitrogen and oxygen atoms in total. The van der Waals surface area contributed by atoms with Crippen molar-refractivity contribution in [1.29, 1.82) is 0 Å². The van der Waals surface area contributed by atoms with E-state index in [1.54, 1.807) is 0 Å². The zero-order chi connectivity index (χ0) is 16.8. The highest BCUT2D eigenvalue weighted by molar-refractivity contribution is 5.42. The van der Waals surface area contributed by atoms with Gasteiger partial charge in [-0.05, 0) is 44.4 Å². The number of aliphatic hydroxyl groups is 1. The number of aliphatic hydroxyl groups excluding tert-OH is 1. The Morgan fingerprint density at radius 1 is 1.04 bits per heavy atom. The van der Waals surface area contributed by atoms with Crippen molar-refractivity contribution in [3.05, 3.63) is 64.7 Å². The Balaban J connectivity index is 1.83. The van der Waals surface area contributed by atoms with E-state index in [0.717, 1.165) is 16.9 Å². The van der Waals surface area contributed by atoms with Gasteiger partial charge in [0.15, 0.2) is 0 Å². The van der Waals surface area contributed by atoms with Gasteiger partial charge >= 0.3 is 0 Å². The van der Waals surface area contributed by atoms with Gasteiger partial charge in [-0.3, -0.25) is 0 Å². The number of ether oxygens (including phenoxy) is 1. The molecule has 0 aromatic heterocycles. The monoisotopic (exact) mass is 313 g/mol. The maximum atomic E-state index is 10.2. The molecule has 124 valence electrons. The summed E-state index contributed by atoms with van der Waals surface area (Å²) in [6.45, 7) is 9.04. The predicted molar refractivity (Wildman–Crippen MR) is 95.0 cm³/mol. The number of aryl methyl sites for hydroxylation is 3. The smallest absolute Gasteiger partial charge is 0.125 e. The number of nitrogens with one attached hydrogen (secondary N) is 1. The Bertz CT molecular complexity index is 602. The first-order valence-corrected chi connectivity index (χ1v) is 8.14. The van der Waals surface area contributed by atoms with Crippen LogP contribution in [0.4, 0.5) is 0 Å². The van der Waals surface area contributed by atoms with Crippen molar-refractivity contribution in [2.45, 2.75) is 39.8 Å². The minimum Gasteiger partial charge on any atom is -0.490 e. The molecule has 0 amide bonds. The number of hydrogen-bond donors (Lipinski definition) is 2. The van der Waals surface area contributed by atoms with Crippen LogP contribution in [0.15, 0.2) is 42.5 Å². The summed E-state index contributed by atoms with van der Waals surface area (Å²) >= 11 is 0. The highest BCUT2D eigenvalue weighted by atomic mass is 16.5. The molecule has 0 bridgehead atoms. The molecule has 0 spiro atoms. The summed E-state index contributed by atoms with van der Waals surface area (Å²) in [5.41, 5.74) is 4.66. The standard InChI is InChI=1S/C20H27NO2/c1-14-10-15(2)20(16(3)11-14)23-13-19(22)12-21-17(4)18-8-6-5-7-9-18/h5-11,17,19,21-22H,12-13H2,1-4H3/t17-,19+/m1/s1. The third-order valence-corrected chi connectivity index (χ3v) is 3.98. The summed E-state index contributed by atoms with van der Waals surface area (Å²) in [6, 6.07) is 14.6. The summed E-state index contributed by atoms with van der Waals surface area (Å²) in [4.78, 5) is 0. The Labute approximate surface area is 139 Å². The zero-order valence-electron chi connectivity index (χ0n) is 14.5. The normalized spacial score (nSPS) is 13.6. The van der Waals surface area contributed by atoms with Gasteiger partial charge in [-0.2, -0.15) is 0 Å². The molecule has 0 aliphatic heterocycles. The van der Waals surface area contributed by atoms with Crippen molar-refractivity contribution in [1.82, 2.24) is 5.32 Å². The molecule has 2 rings (SSSR count). The van der Waals surface area contributed by atoms with Crippen molar-refractivity contribution >= 4 is 0 Å². The van der Waals surface area contributed by atoms with Gasteiger partial charge in [0.2, 0.25) is 0 Å². The minimum atomic E-state index is -0.540. The fraction of sp³-hybridized carbons (Fsp3) is 0.400. The van der Waals surface area contributed by atoms with Crippen LogP contribution in [0, 0.1) is 20.8 Å². The molecule has 0 unspecified atom stereocenters. The molecule has 0 fully saturated rings. The first-order valence-electron chi connectivity index (χ1n) is 8.14. The Kier molecular flexibility index (Phi) is 6.20. The van der Waals surface area contributed by atoms with E-state index in [1.165, 1.54) is 11.1 Å². The lowest BCUT2D eigenvalue weighted by Gasteiger charge is -2.19. The van der Waals surface area contributed by atoms with Gasteiger partial charge in [-0.1, -0.05) is 48.0 Å². The van der Waals surface area contributed by atoms with Crippen molar-refractivity contribution < 1.29 is 9.84 Å². The highest BCUT2D eigenvalue weighted by Crippen LogP contribution is 2.24. The van der Waals surface area contributed by atoms with Crippen LogP contribution in [0.5, 0.6) is 5.75 Å². The molecule has 0 aliphatic carbocycles. The van der Waals surface area contributed by atoms with Crippen molar-refractivity contribution in [2.75, 3.05) is 13.2 Å². The van der Waals surface area contributed by atoms with Crippen LogP contribution in [0.1, 0.15) is 35.2 Å². The lowest BCUT2D eigenvalue weighted by atomic mass is 10.1. The maximum absolute atomic E-state index is 10.2. The van der Waals surface area contributed by atoms with Crippen molar-refractivity contribution in [2.24, 2.45) is 0 Å². The van der Waals surface area contributed by atoms with E-state index in [4.69, 9.17) is 4.74 Å². The average Bonchev–Trinajstić information content (AvgIpc) is 2.52. The van der Waals surface area contributed by atoms with Gasteiger partial charge in [0, 0.05) is 12.6 Å². The molecule has 0 radical (unpaired) electrons. The number of rotatable bonds is 7. The second-order valence-corrected chi connectivity index (χ2v) is 6.23. The van der Waals surface area contributed by atoms with Gasteiger partial charge in [0.05, 0.1) is 0 Å². The topological polar surface area (TPSA) is 41.5 Å². The van der Waals surface area contributed by atoms with Gasteiger partial charge < -0.3 is 15.2 Å². The Hall–Kier alpha value is -1.84. The average molecular weight is 313 g/mol. The molecular weight excluding hydrogens is 286 g/mol.